The fourth-order valence-corrected chi connectivity index (χ4v) is 5.34. The Kier molecular flexibility index (Phi) is 5.91. The van der Waals surface area contributed by atoms with Crippen molar-refractivity contribution in [3.05, 3.63) is 71.7 Å². The highest BCUT2D eigenvalue weighted by Crippen LogP contribution is 2.43. The van der Waals surface area contributed by atoms with Gasteiger partial charge in [-0.1, -0.05) is 30.3 Å². The second kappa shape index (κ2) is 8.91. The van der Waals surface area contributed by atoms with Crippen molar-refractivity contribution >= 4 is 23.1 Å². The van der Waals surface area contributed by atoms with Crippen LogP contribution in [0.15, 0.2) is 54.7 Å². The summed E-state index contributed by atoms with van der Waals surface area (Å²) in [6.07, 6.45) is 1.71. The lowest BCUT2D eigenvalue weighted by molar-refractivity contribution is 0.0209. The molecule has 0 bridgehead atoms. The number of ether oxygens (including phenoxy) is 2. The first-order chi connectivity index (χ1) is 16.7. The minimum atomic E-state index is -0.629. The molecule has 8 heteroatoms. The van der Waals surface area contributed by atoms with E-state index in [1.807, 2.05) is 57.3 Å². The Morgan fingerprint density at radius 2 is 1.86 bits per heavy atom. The molecular weight excluding hydrogens is 449 g/mol. The zero-order valence-corrected chi connectivity index (χ0v) is 20.2. The van der Waals surface area contributed by atoms with E-state index >= 15 is 0 Å². The van der Waals surface area contributed by atoms with Crippen LogP contribution >= 0.6 is 0 Å². The molecule has 35 heavy (non-hydrogen) atoms. The predicted molar refractivity (Wildman–Crippen MR) is 129 cm³/mol. The summed E-state index contributed by atoms with van der Waals surface area (Å²) in [7, 11) is 0. The van der Waals surface area contributed by atoms with Crippen LogP contribution < -0.4 is 0 Å². The molecule has 2 aliphatic heterocycles. The van der Waals surface area contributed by atoms with E-state index in [2.05, 4.69) is 4.98 Å². The van der Waals surface area contributed by atoms with E-state index < -0.39 is 11.7 Å². The van der Waals surface area contributed by atoms with Crippen LogP contribution in [-0.4, -0.2) is 57.7 Å². The van der Waals surface area contributed by atoms with E-state index in [4.69, 9.17) is 9.47 Å². The molecule has 1 unspecified atom stereocenters. The molecule has 0 spiro atoms. The topological polar surface area (TPSA) is 74.9 Å². The summed E-state index contributed by atoms with van der Waals surface area (Å²) in [5.74, 6) is -0.490. The van der Waals surface area contributed by atoms with Crippen molar-refractivity contribution in [2.75, 3.05) is 13.1 Å². The van der Waals surface area contributed by atoms with E-state index in [0.29, 0.717) is 25.0 Å². The van der Waals surface area contributed by atoms with Crippen molar-refractivity contribution in [1.29, 1.82) is 0 Å². The van der Waals surface area contributed by atoms with Crippen LogP contribution in [0, 0.1) is 5.82 Å². The molecule has 0 radical (unpaired) electrons. The Hall–Kier alpha value is -3.55. The number of nitrogens with one attached hydrogen (secondary N) is 1. The van der Waals surface area contributed by atoms with Gasteiger partial charge in [-0.15, -0.1) is 0 Å². The lowest BCUT2D eigenvalue weighted by atomic mass is 9.91. The lowest BCUT2D eigenvalue weighted by Crippen LogP contribution is -2.44. The molecule has 2 aliphatic rings. The standard InChI is InChI=1S/C27H30FN3O4/c1-27(2,3)35-26(33)30-12-11-23-24(30)21(20-14-29-22-13-18(28)9-10-19(20)22)15-31(23)25(32)34-16-17-7-5-4-6-8-17/h4-10,13-14,21,23-24,29H,11-12,15-16H2,1-3H3/t21?,23-,24-/m1/s1. The minimum Gasteiger partial charge on any atom is -0.445 e. The number of nitrogens with zero attached hydrogens (tertiary/aromatic N) is 2. The van der Waals surface area contributed by atoms with Crippen molar-refractivity contribution in [2.24, 2.45) is 0 Å². The van der Waals surface area contributed by atoms with Gasteiger partial charge in [0, 0.05) is 36.1 Å². The number of hydrogen-bond acceptors (Lipinski definition) is 4. The van der Waals surface area contributed by atoms with E-state index in [-0.39, 0.29) is 36.5 Å². The average Bonchev–Trinajstić information content (AvgIpc) is 3.50. The third-order valence-corrected chi connectivity index (χ3v) is 6.77. The maximum Gasteiger partial charge on any atom is 0.410 e. The number of likely N-dealkylation sites (tertiary alicyclic amines) is 2. The number of halogens is 1. The predicted octanol–water partition coefficient (Wildman–Crippen LogP) is 5.42. The summed E-state index contributed by atoms with van der Waals surface area (Å²) in [5.41, 5.74) is 1.91. The van der Waals surface area contributed by atoms with Gasteiger partial charge in [0.15, 0.2) is 0 Å². The molecule has 1 N–H and O–H groups in total. The monoisotopic (exact) mass is 479 g/mol. The number of fused-ring (bicyclic) bond motifs is 2. The molecule has 5 rings (SSSR count). The third-order valence-electron chi connectivity index (χ3n) is 6.77. The molecule has 3 atom stereocenters. The molecule has 7 nitrogen and oxygen atoms in total. The quantitative estimate of drug-likeness (QED) is 0.544. The van der Waals surface area contributed by atoms with Crippen LogP contribution in [0.4, 0.5) is 14.0 Å². The van der Waals surface area contributed by atoms with Crippen molar-refractivity contribution in [1.82, 2.24) is 14.8 Å². The highest BCUT2D eigenvalue weighted by atomic mass is 19.1. The fourth-order valence-electron chi connectivity index (χ4n) is 5.34. The van der Waals surface area contributed by atoms with Gasteiger partial charge in [0.2, 0.25) is 0 Å². The van der Waals surface area contributed by atoms with Gasteiger partial charge in [-0.3, -0.25) is 0 Å². The van der Waals surface area contributed by atoms with Gasteiger partial charge in [0.25, 0.3) is 0 Å². The SMILES string of the molecule is CC(C)(C)OC(=O)N1CC[C@@H]2[C@H]1C(c1c[nH]c3cc(F)ccc13)CN2C(=O)OCc1ccccc1. The van der Waals surface area contributed by atoms with E-state index in [0.717, 1.165) is 16.5 Å². The number of carbonyl (C=O) groups excluding carboxylic acids is 2. The van der Waals surface area contributed by atoms with Gasteiger partial charge in [-0.05, 0) is 56.5 Å². The maximum atomic E-state index is 13.8. The van der Waals surface area contributed by atoms with Crippen LogP contribution in [0.2, 0.25) is 0 Å². The molecule has 1 aromatic heterocycles. The smallest absolute Gasteiger partial charge is 0.410 e. The molecular formula is C27H30FN3O4. The first kappa shape index (κ1) is 23.2. The molecule has 2 saturated heterocycles. The van der Waals surface area contributed by atoms with Gasteiger partial charge in [0.1, 0.15) is 18.0 Å². The van der Waals surface area contributed by atoms with Crippen LogP contribution in [0.5, 0.6) is 0 Å². The van der Waals surface area contributed by atoms with Crippen LogP contribution in [0.1, 0.15) is 44.2 Å². The fraction of sp³-hybridized carbons (Fsp3) is 0.407. The van der Waals surface area contributed by atoms with Gasteiger partial charge in [0.05, 0.1) is 12.1 Å². The first-order valence-electron chi connectivity index (χ1n) is 11.9. The van der Waals surface area contributed by atoms with Crippen LogP contribution in [0.3, 0.4) is 0 Å². The Balaban J connectivity index is 1.44. The van der Waals surface area contributed by atoms with Crippen molar-refractivity contribution in [3.8, 4) is 0 Å². The Morgan fingerprint density at radius 3 is 2.60 bits per heavy atom. The number of benzene rings is 2. The van der Waals surface area contributed by atoms with Gasteiger partial charge in [-0.25, -0.2) is 14.0 Å². The third kappa shape index (κ3) is 4.57. The number of hydrogen-bond donors (Lipinski definition) is 1. The summed E-state index contributed by atoms with van der Waals surface area (Å²) in [4.78, 5) is 33.0. The molecule has 2 amide bonds. The number of aromatic nitrogens is 1. The number of amides is 2. The minimum absolute atomic E-state index is 0.168. The van der Waals surface area contributed by atoms with Crippen LogP contribution in [0.25, 0.3) is 10.9 Å². The zero-order chi connectivity index (χ0) is 24.7. The Bertz CT molecular complexity index is 1240. The molecule has 0 aliphatic carbocycles. The van der Waals surface area contributed by atoms with Crippen molar-refractivity contribution in [2.45, 2.75) is 57.4 Å². The molecule has 0 saturated carbocycles. The summed E-state index contributed by atoms with van der Waals surface area (Å²) in [6, 6.07) is 13.7. The average molecular weight is 480 g/mol. The summed E-state index contributed by atoms with van der Waals surface area (Å²) >= 11 is 0. The number of carbonyl (C=O) groups is 2. The number of aromatic amines is 1. The summed E-state index contributed by atoms with van der Waals surface area (Å²) < 4.78 is 25.2. The van der Waals surface area contributed by atoms with Crippen molar-refractivity contribution < 1.29 is 23.5 Å². The molecule has 184 valence electrons. The normalized spacial score (nSPS) is 21.9. The number of H-pyrrole nitrogens is 1. The van der Waals surface area contributed by atoms with Gasteiger partial charge >= 0.3 is 12.2 Å². The highest BCUT2D eigenvalue weighted by molar-refractivity contribution is 5.84. The van der Waals surface area contributed by atoms with Crippen molar-refractivity contribution in [3.63, 3.8) is 0 Å². The molecule has 3 aromatic rings. The molecule has 3 heterocycles. The van der Waals surface area contributed by atoms with E-state index in [9.17, 15) is 14.0 Å². The van der Waals surface area contributed by atoms with E-state index in [1.165, 1.54) is 12.1 Å². The summed E-state index contributed by atoms with van der Waals surface area (Å²) in [6.45, 7) is 6.58. The Labute approximate surface area is 203 Å². The van der Waals surface area contributed by atoms with Gasteiger partial charge < -0.3 is 24.3 Å². The number of rotatable bonds is 3. The second-order valence-electron chi connectivity index (χ2n) is 10.3. The second-order valence-corrected chi connectivity index (χ2v) is 10.3. The molecule has 2 fully saturated rings. The van der Waals surface area contributed by atoms with Crippen LogP contribution in [-0.2, 0) is 16.1 Å². The largest absolute Gasteiger partial charge is 0.445 e. The molecule has 2 aromatic carbocycles. The van der Waals surface area contributed by atoms with Gasteiger partial charge in [-0.2, -0.15) is 0 Å². The van der Waals surface area contributed by atoms with E-state index in [1.54, 1.807) is 15.9 Å². The summed E-state index contributed by atoms with van der Waals surface area (Å²) in [5, 5.41) is 0.880. The maximum absolute atomic E-state index is 13.8. The highest BCUT2D eigenvalue weighted by Gasteiger charge is 2.53. The Morgan fingerprint density at radius 1 is 1.09 bits per heavy atom. The zero-order valence-electron chi connectivity index (χ0n) is 20.2. The first-order valence-corrected chi connectivity index (χ1v) is 11.9. The lowest BCUT2D eigenvalue weighted by Gasteiger charge is -2.31.